The van der Waals surface area contributed by atoms with E-state index in [0.717, 1.165) is 25.0 Å². The summed E-state index contributed by atoms with van der Waals surface area (Å²) in [7, 11) is 0. The lowest BCUT2D eigenvalue weighted by molar-refractivity contribution is -0.0709. The van der Waals surface area contributed by atoms with Gasteiger partial charge in [-0.1, -0.05) is 0 Å². The highest BCUT2D eigenvalue weighted by Gasteiger charge is 2.29. The summed E-state index contributed by atoms with van der Waals surface area (Å²) in [4.78, 5) is 0. The first-order valence-electron chi connectivity index (χ1n) is 5.99. The molecule has 0 saturated carbocycles. The Morgan fingerprint density at radius 3 is 1.43 bits per heavy atom. The molecule has 0 aromatic rings. The number of hydrogen-bond acceptors (Lipinski definition) is 2. The Morgan fingerprint density at radius 2 is 1.14 bits per heavy atom. The predicted octanol–water partition coefficient (Wildman–Crippen LogP) is 2.62. The highest BCUT2D eigenvalue weighted by atomic mass is 16.5. The van der Waals surface area contributed by atoms with E-state index in [1.54, 1.807) is 0 Å². The second-order valence-electron chi connectivity index (χ2n) is 4.96. The Morgan fingerprint density at radius 1 is 0.714 bits per heavy atom. The van der Waals surface area contributed by atoms with Crippen molar-refractivity contribution in [3.05, 3.63) is 0 Å². The van der Waals surface area contributed by atoms with E-state index in [1.165, 1.54) is 25.7 Å². The molecule has 4 unspecified atom stereocenters. The van der Waals surface area contributed by atoms with E-state index in [1.807, 2.05) is 0 Å². The van der Waals surface area contributed by atoms with Gasteiger partial charge in [0.2, 0.25) is 0 Å². The summed E-state index contributed by atoms with van der Waals surface area (Å²) >= 11 is 0. The molecular formula is C12H22O2. The maximum atomic E-state index is 5.71. The van der Waals surface area contributed by atoms with Crippen LogP contribution in [0.2, 0.25) is 0 Å². The molecule has 2 heteroatoms. The molecule has 0 bridgehead atoms. The molecule has 2 aliphatic heterocycles. The van der Waals surface area contributed by atoms with Crippen LogP contribution in [0, 0.1) is 11.8 Å². The van der Waals surface area contributed by atoms with Crippen molar-refractivity contribution < 1.29 is 9.47 Å². The lowest BCUT2D eigenvalue weighted by Crippen LogP contribution is -2.35. The Kier molecular flexibility index (Phi) is 3.45. The van der Waals surface area contributed by atoms with Crippen LogP contribution in [0.5, 0.6) is 0 Å². The SMILES string of the molecule is CC1CCC(C2CCC(C)OC2)CO1. The van der Waals surface area contributed by atoms with Crippen molar-refractivity contribution in [3.63, 3.8) is 0 Å². The van der Waals surface area contributed by atoms with Gasteiger partial charge in [-0.15, -0.1) is 0 Å². The van der Waals surface area contributed by atoms with Gasteiger partial charge in [0.05, 0.1) is 25.4 Å². The summed E-state index contributed by atoms with van der Waals surface area (Å²) in [5, 5.41) is 0. The molecule has 0 N–H and O–H groups in total. The van der Waals surface area contributed by atoms with Crippen molar-refractivity contribution in [2.75, 3.05) is 13.2 Å². The number of ether oxygens (including phenoxy) is 2. The maximum absolute atomic E-state index is 5.71. The first-order chi connectivity index (χ1) is 6.75. The minimum atomic E-state index is 0.481. The Hall–Kier alpha value is -0.0800. The van der Waals surface area contributed by atoms with Crippen LogP contribution in [-0.4, -0.2) is 25.4 Å². The zero-order chi connectivity index (χ0) is 9.97. The smallest absolute Gasteiger partial charge is 0.0547 e. The molecule has 0 aromatic heterocycles. The van der Waals surface area contributed by atoms with Gasteiger partial charge in [-0.25, -0.2) is 0 Å². The van der Waals surface area contributed by atoms with Crippen LogP contribution in [0.1, 0.15) is 39.5 Å². The molecule has 14 heavy (non-hydrogen) atoms. The van der Waals surface area contributed by atoms with Crippen LogP contribution in [0.25, 0.3) is 0 Å². The minimum Gasteiger partial charge on any atom is -0.378 e. The maximum Gasteiger partial charge on any atom is 0.0547 e. The summed E-state index contributed by atoms with van der Waals surface area (Å²) in [5.41, 5.74) is 0. The van der Waals surface area contributed by atoms with Crippen molar-refractivity contribution >= 4 is 0 Å². The molecule has 0 spiro atoms. The lowest BCUT2D eigenvalue weighted by atomic mass is 9.82. The largest absolute Gasteiger partial charge is 0.378 e. The van der Waals surface area contributed by atoms with Crippen molar-refractivity contribution in [2.24, 2.45) is 11.8 Å². The Balaban J connectivity index is 1.78. The molecule has 2 saturated heterocycles. The van der Waals surface area contributed by atoms with Gasteiger partial charge in [-0.05, 0) is 51.4 Å². The first-order valence-corrected chi connectivity index (χ1v) is 5.99. The number of hydrogen-bond donors (Lipinski definition) is 0. The molecule has 2 rings (SSSR count). The minimum absolute atomic E-state index is 0.481. The van der Waals surface area contributed by atoms with E-state index in [0.29, 0.717) is 12.2 Å². The van der Waals surface area contributed by atoms with Crippen LogP contribution in [0.3, 0.4) is 0 Å². The molecule has 4 atom stereocenters. The second-order valence-corrected chi connectivity index (χ2v) is 4.96. The standard InChI is InChI=1S/C12H22O2/c1-9-3-5-11(7-13-9)12-6-4-10(2)14-8-12/h9-12H,3-8H2,1-2H3. The third kappa shape index (κ3) is 2.48. The molecule has 0 aromatic carbocycles. The van der Waals surface area contributed by atoms with Gasteiger partial charge in [-0.2, -0.15) is 0 Å². The van der Waals surface area contributed by atoms with Crippen molar-refractivity contribution in [3.8, 4) is 0 Å². The zero-order valence-electron chi connectivity index (χ0n) is 9.37. The van der Waals surface area contributed by atoms with Gasteiger partial charge < -0.3 is 9.47 Å². The average molecular weight is 198 g/mol. The van der Waals surface area contributed by atoms with Crippen LogP contribution in [-0.2, 0) is 9.47 Å². The van der Waals surface area contributed by atoms with Crippen LogP contribution < -0.4 is 0 Å². The fourth-order valence-electron chi connectivity index (χ4n) is 2.55. The Labute approximate surface area is 87.0 Å². The summed E-state index contributed by atoms with van der Waals surface area (Å²) in [6.07, 6.45) is 6.10. The zero-order valence-corrected chi connectivity index (χ0v) is 9.37. The van der Waals surface area contributed by atoms with E-state index in [4.69, 9.17) is 9.47 Å². The molecule has 2 nitrogen and oxygen atoms in total. The molecule has 2 fully saturated rings. The van der Waals surface area contributed by atoms with E-state index >= 15 is 0 Å². The molecule has 82 valence electrons. The fourth-order valence-corrected chi connectivity index (χ4v) is 2.55. The first kappa shape index (κ1) is 10.4. The van der Waals surface area contributed by atoms with E-state index in [-0.39, 0.29) is 0 Å². The third-order valence-corrected chi connectivity index (χ3v) is 3.74. The van der Waals surface area contributed by atoms with E-state index in [2.05, 4.69) is 13.8 Å². The summed E-state index contributed by atoms with van der Waals surface area (Å²) in [5.74, 6) is 1.53. The van der Waals surface area contributed by atoms with Gasteiger partial charge in [0.15, 0.2) is 0 Å². The van der Waals surface area contributed by atoms with Gasteiger partial charge in [0.25, 0.3) is 0 Å². The van der Waals surface area contributed by atoms with Gasteiger partial charge in [0.1, 0.15) is 0 Å². The van der Waals surface area contributed by atoms with Crippen LogP contribution in [0.4, 0.5) is 0 Å². The molecule has 0 amide bonds. The monoisotopic (exact) mass is 198 g/mol. The lowest BCUT2D eigenvalue weighted by Gasteiger charge is -2.36. The Bertz CT molecular complexity index is 145. The van der Waals surface area contributed by atoms with Gasteiger partial charge in [0, 0.05) is 0 Å². The normalized spacial score (nSPS) is 45.0. The summed E-state index contributed by atoms with van der Waals surface area (Å²) in [6.45, 7) is 6.28. The fraction of sp³-hybridized carbons (Fsp3) is 1.00. The summed E-state index contributed by atoms with van der Waals surface area (Å²) in [6, 6.07) is 0. The van der Waals surface area contributed by atoms with Crippen molar-refractivity contribution in [1.29, 1.82) is 0 Å². The molecule has 0 aliphatic carbocycles. The quantitative estimate of drug-likeness (QED) is 0.645. The molecule has 2 aliphatic rings. The molecule has 2 heterocycles. The van der Waals surface area contributed by atoms with Crippen molar-refractivity contribution in [1.82, 2.24) is 0 Å². The van der Waals surface area contributed by atoms with E-state index in [9.17, 15) is 0 Å². The topological polar surface area (TPSA) is 18.5 Å². The van der Waals surface area contributed by atoms with Crippen molar-refractivity contribution in [2.45, 2.75) is 51.7 Å². The number of rotatable bonds is 1. The van der Waals surface area contributed by atoms with Crippen LogP contribution >= 0.6 is 0 Å². The average Bonchev–Trinajstić information content (AvgIpc) is 2.21. The van der Waals surface area contributed by atoms with Crippen LogP contribution in [0.15, 0.2) is 0 Å². The molecule has 0 radical (unpaired) electrons. The van der Waals surface area contributed by atoms with E-state index < -0.39 is 0 Å². The molecular weight excluding hydrogens is 176 g/mol. The predicted molar refractivity (Wildman–Crippen MR) is 56.3 cm³/mol. The highest BCUT2D eigenvalue weighted by Crippen LogP contribution is 2.31. The summed E-state index contributed by atoms with van der Waals surface area (Å²) < 4.78 is 11.4. The second kappa shape index (κ2) is 4.63. The third-order valence-electron chi connectivity index (χ3n) is 3.74. The van der Waals surface area contributed by atoms with Gasteiger partial charge in [-0.3, -0.25) is 0 Å². The highest BCUT2D eigenvalue weighted by molar-refractivity contribution is 4.78. The van der Waals surface area contributed by atoms with Gasteiger partial charge >= 0.3 is 0 Å².